The van der Waals surface area contributed by atoms with E-state index in [1.54, 1.807) is 0 Å². The van der Waals surface area contributed by atoms with E-state index >= 15 is 0 Å². The maximum atomic E-state index is 12.6. The van der Waals surface area contributed by atoms with Crippen LogP contribution in [0.4, 0.5) is 0 Å². The van der Waals surface area contributed by atoms with Crippen molar-refractivity contribution in [1.82, 2.24) is 0 Å². The second-order valence-electron chi connectivity index (χ2n) is 15.2. The summed E-state index contributed by atoms with van der Waals surface area (Å²) in [5.74, 6) is -0.919. The Kier molecular flexibility index (Phi) is 46.2. The summed E-state index contributed by atoms with van der Waals surface area (Å²) in [5, 5.41) is 0. The van der Waals surface area contributed by atoms with Crippen molar-refractivity contribution in [2.24, 2.45) is 5.73 Å². The Morgan fingerprint density at radius 1 is 0.462 bits per heavy atom. The van der Waals surface area contributed by atoms with Crippen LogP contribution in [-0.4, -0.2) is 49.3 Å². The first-order valence-electron chi connectivity index (χ1n) is 24.3. The van der Waals surface area contributed by atoms with Crippen LogP contribution in [0.15, 0.2) is 146 Å². The molecule has 0 aliphatic rings. The van der Waals surface area contributed by atoms with Gasteiger partial charge in [0.2, 0.25) is 0 Å². The van der Waals surface area contributed by atoms with Gasteiger partial charge in [0.15, 0.2) is 6.10 Å². The molecule has 0 aromatic carbocycles. The average Bonchev–Trinajstić information content (AvgIpc) is 3.30. The number of phosphoric ester groups is 1. The van der Waals surface area contributed by atoms with Gasteiger partial charge in [0, 0.05) is 19.4 Å². The van der Waals surface area contributed by atoms with Gasteiger partial charge in [-0.25, -0.2) is 4.57 Å². The molecular weight excluding hydrogens is 834 g/mol. The summed E-state index contributed by atoms with van der Waals surface area (Å²) in [4.78, 5) is 34.9. The predicted octanol–water partition coefficient (Wildman–Crippen LogP) is 14.8. The predicted molar refractivity (Wildman–Crippen MR) is 274 cm³/mol. The third-order valence-electron chi connectivity index (χ3n) is 9.22. The van der Waals surface area contributed by atoms with Crippen molar-refractivity contribution < 1.29 is 37.6 Å². The second kappa shape index (κ2) is 49.3. The van der Waals surface area contributed by atoms with Gasteiger partial charge in [-0.15, -0.1) is 0 Å². The summed E-state index contributed by atoms with van der Waals surface area (Å²) in [6.07, 6.45) is 70.4. The summed E-state index contributed by atoms with van der Waals surface area (Å²) in [6.45, 7) is 3.39. The molecule has 65 heavy (non-hydrogen) atoms. The fourth-order valence-corrected chi connectivity index (χ4v) is 6.46. The van der Waals surface area contributed by atoms with Gasteiger partial charge in [0.25, 0.3) is 0 Å². The van der Waals surface area contributed by atoms with Crippen molar-refractivity contribution in [3.8, 4) is 0 Å². The zero-order valence-corrected chi connectivity index (χ0v) is 41.0. The number of hydrogen-bond acceptors (Lipinski definition) is 8. The molecule has 0 fully saturated rings. The van der Waals surface area contributed by atoms with Gasteiger partial charge in [0.1, 0.15) is 6.61 Å². The Hall–Kier alpha value is -4.11. The number of phosphoric acid groups is 1. The summed E-state index contributed by atoms with van der Waals surface area (Å²) < 4.78 is 32.8. The van der Waals surface area contributed by atoms with Crippen molar-refractivity contribution >= 4 is 19.8 Å². The highest BCUT2D eigenvalue weighted by atomic mass is 31.2. The lowest BCUT2D eigenvalue weighted by Gasteiger charge is -2.19. The Balaban J connectivity index is 4.20. The van der Waals surface area contributed by atoms with Crippen molar-refractivity contribution in [3.05, 3.63) is 146 Å². The molecule has 10 heteroatoms. The van der Waals surface area contributed by atoms with Crippen LogP contribution < -0.4 is 5.73 Å². The van der Waals surface area contributed by atoms with Crippen molar-refractivity contribution in [2.75, 3.05) is 26.4 Å². The highest BCUT2D eigenvalue weighted by Crippen LogP contribution is 2.43. The van der Waals surface area contributed by atoms with Crippen molar-refractivity contribution in [3.63, 3.8) is 0 Å². The molecule has 2 atom stereocenters. The Morgan fingerprint density at radius 2 is 0.800 bits per heavy atom. The minimum atomic E-state index is -4.41. The molecule has 0 aromatic heterocycles. The molecule has 0 aromatic rings. The first-order chi connectivity index (χ1) is 31.8. The van der Waals surface area contributed by atoms with Crippen LogP contribution in [0.1, 0.15) is 155 Å². The van der Waals surface area contributed by atoms with Gasteiger partial charge in [-0.1, -0.05) is 173 Å². The van der Waals surface area contributed by atoms with Crippen LogP contribution in [0.5, 0.6) is 0 Å². The molecule has 364 valence electrons. The van der Waals surface area contributed by atoms with E-state index in [0.29, 0.717) is 12.8 Å². The number of esters is 2. The molecule has 0 aliphatic heterocycles. The molecule has 0 saturated heterocycles. The molecule has 0 bridgehead atoms. The van der Waals surface area contributed by atoms with Crippen LogP contribution in [0, 0.1) is 0 Å². The first-order valence-corrected chi connectivity index (χ1v) is 25.8. The fourth-order valence-electron chi connectivity index (χ4n) is 5.70. The number of carbonyl (C=O) groups excluding carboxylic acids is 2. The molecule has 0 aliphatic carbocycles. The number of nitrogens with two attached hydrogens (primary N) is 1. The molecule has 2 unspecified atom stereocenters. The smallest absolute Gasteiger partial charge is 0.462 e. The minimum absolute atomic E-state index is 0.0345. The lowest BCUT2D eigenvalue weighted by molar-refractivity contribution is -0.161. The van der Waals surface area contributed by atoms with Gasteiger partial charge in [0.05, 0.1) is 13.2 Å². The van der Waals surface area contributed by atoms with Gasteiger partial charge in [-0.3, -0.25) is 18.6 Å². The Bertz CT molecular complexity index is 1560. The van der Waals surface area contributed by atoms with Crippen LogP contribution in [0.3, 0.4) is 0 Å². The van der Waals surface area contributed by atoms with E-state index in [4.69, 9.17) is 24.3 Å². The van der Waals surface area contributed by atoms with E-state index in [-0.39, 0.29) is 32.6 Å². The number of carbonyl (C=O) groups is 2. The van der Waals surface area contributed by atoms with E-state index in [1.165, 1.54) is 0 Å². The third kappa shape index (κ3) is 49.2. The number of unbranched alkanes of at least 4 members (excludes halogenated alkanes) is 6. The van der Waals surface area contributed by atoms with Crippen molar-refractivity contribution in [2.45, 2.75) is 161 Å². The molecule has 0 radical (unpaired) electrons. The minimum Gasteiger partial charge on any atom is -0.462 e. The Labute approximate surface area is 395 Å². The highest BCUT2D eigenvalue weighted by molar-refractivity contribution is 7.47. The fraction of sp³-hybridized carbons (Fsp3) is 0.527. The number of rotatable bonds is 43. The van der Waals surface area contributed by atoms with E-state index in [0.717, 1.165) is 116 Å². The number of ether oxygens (including phenoxy) is 2. The van der Waals surface area contributed by atoms with E-state index < -0.39 is 32.5 Å². The zero-order chi connectivity index (χ0) is 47.4. The van der Waals surface area contributed by atoms with E-state index in [9.17, 15) is 19.0 Å². The molecule has 0 saturated carbocycles. The standard InChI is InChI=1S/C55H86NO8P/c1-3-5-7-9-11-13-15-17-18-19-20-21-22-23-24-25-26-27-28-29-30-31-32-33-34-36-38-40-42-44-46-48-55(58)64-53(52-63-65(59,60)62-50-49-56)51-61-54(57)47-45-43-41-39-37-35-16-14-12-10-8-6-4-2/h5-8,11-14,17-18,20-21,23-24,26-27,29-30,32-33,35-38,53H,3-4,9-10,15-16,19,22,25,28,31,34,39-52,56H2,1-2H3,(H,59,60)/b7-5-,8-6-,13-11-,14-12-,18-17-,21-20-,24-23-,27-26-,30-29-,33-32-,37-35-,38-36-. The summed E-state index contributed by atoms with van der Waals surface area (Å²) in [7, 11) is -4.41. The van der Waals surface area contributed by atoms with Crippen molar-refractivity contribution in [1.29, 1.82) is 0 Å². The molecular formula is C55H86NO8P. The summed E-state index contributed by atoms with van der Waals surface area (Å²) >= 11 is 0. The summed E-state index contributed by atoms with van der Waals surface area (Å²) in [6, 6.07) is 0. The summed E-state index contributed by atoms with van der Waals surface area (Å²) in [5.41, 5.74) is 5.35. The van der Waals surface area contributed by atoms with Gasteiger partial charge in [-0.05, 0) is 116 Å². The first kappa shape index (κ1) is 60.9. The van der Waals surface area contributed by atoms with Gasteiger partial charge in [-0.2, -0.15) is 0 Å². The van der Waals surface area contributed by atoms with Gasteiger partial charge >= 0.3 is 19.8 Å². The Morgan fingerprint density at radius 3 is 1.15 bits per heavy atom. The van der Waals surface area contributed by atoms with E-state index in [1.807, 2.05) is 0 Å². The van der Waals surface area contributed by atoms with Crippen LogP contribution in [0.25, 0.3) is 0 Å². The molecule has 0 heterocycles. The number of allylic oxidation sites excluding steroid dienone is 24. The zero-order valence-electron chi connectivity index (χ0n) is 40.1. The molecule has 0 spiro atoms. The normalized spacial score (nSPS) is 14.5. The third-order valence-corrected chi connectivity index (χ3v) is 10.2. The lowest BCUT2D eigenvalue weighted by atomic mass is 10.1. The average molecular weight is 920 g/mol. The molecule has 9 nitrogen and oxygen atoms in total. The van der Waals surface area contributed by atoms with Crippen LogP contribution in [-0.2, 0) is 32.7 Å². The topological polar surface area (TPSA) is 134 Å². The highest BCUT2D eigenvalue weighted by Gasteiger charge is 2.26. The number of hydrogen-bond donors (Lipinski definition) is 2. The molecule has 0 rings (SSSR count). The van der Waals surface area contributed by atoms with Gasteiger partial charge < -0.3 is 20.1 Å². The maximum Gasteiger partial charge on any atom is 0.472 e. The largest absolute Gasteiger partial charge is 0.472 e. The quantitative estimate of drug-likeness (QED) is 0.0265. The monoisotopic (exact) mass is 920 g/mol. The maximum absolute atomic E-state index is 12.6. The van der Waals surface area contributed by atoms with E-state index in [2.05, 4.69) is 160 Å². The van der Waals surface area contributed by atoms with Crippen LogP contribution >= 0.6 is 7.82 Å². The molecule has 0 amide bonds. The molecule has 3 N–H and O–H groups in total. The second-order valence-corrected chi connectivity index (χ2v) is 16.7. The SMILES string of the molecule is CC/C=C\C/C=C\C/C=C\C/C=C\C/C=C\C/C=C\C/C=C\C/C=C\C/C=C\CCCCCC(=O)OC(COC(=O)CCCCC/C=C\C/C=C\C/C=C\CC)COP(=O)(O)OCCN. The van der Waals surface area contributed by atoms with Crippen LogP contribution in [0.2, 0.25) is 0 Å². The lowest BCUT2D eigenvalue weighted by Crippen LogP contribution is -2.29.